The first kappa shape index (κ1) is 13.3. The summed E-state index contributed by atoms with van der Waals surface area (Å²) in [4.78, 5) is 0. The molecule has 104 valence electrons. The highest BCUT2D eigenvalue weighted by Crippen LogP contribution is 2.34. The molecule has 0 radical (unpaired) electrons. The van der Waals surface area contributed by atoms with Crippen molar-refractivity contribution in [3.8, 4) is 11.5 Å². The second kappa shape index (κ2) is 5.73. The Kier molecular flexibility index (Phi) is 3.80. The van der Waals surface area contributed by atoms with Crippen LogP contribution in [0.1, 0.15) is 11.6 Å². The van der Waals surface area contributed by atoms with E-state index in [9.17, 15) is 5.11 Å². The zero-order chi connectivity index (χ0) is 13.9. The predicted octanol–water partition coefficient (Wildman–Crippen LogP) is 3.32. The topological polar surface area (TPSA) is 50.7 Å². The van der Waals surface area contributed by atoms with Gasteiger partial charge >= 0.3 is 0 Å². The Hall–Kier alpha value is -1.72. The second-order valence-corrected chi connectivity index (χ2v) is 5.41. The highest BCUT2D eigenvalue weighted by Gasteiger charge is 2.17. The molecule has 0 spiro atoms. The molecule has 0 bridgehead atoms. The Morgan fingerprint density at radius 2 is 1.85 bits per heavy atom. The molecule has 4 nitrogen and oxygen atoms in total. The number of anilines is 1. The van der Waals surface area contributed by atoms with Crippen molar-refractivity contribution in [2.45, 2.75) is 6.04 Å². The lowest BCUT2D eigenvalue weighted by Gasteiger charge is -2.18. The molecule has 0 saturated heterocycles. The standard InChI is InChI=1S/C15H14BrNO3/c16-11-2-4-12(5-3-11)17-13(8-18)10-1-6-14-15(7-10)20-9-19-14/h1-7,13,17-18H,8-9H2. The molecule has 1 heterocycles. The molecule has 5 heteroatoms. The molecule has 1 aliphatic heterocycles. The van der Waals surface area contributed by atoms with Gasteiger partial charge < -0.3 is 19.9 Å². The summed E-state index contributed by atoms with van der Waals surface area (Å²) >= 11 is 3.40. The van der Waals surface area contributed by atoms with Gasteiger partial charge in [0.05, 0.1) is 12.6 Å². The summed E-state index contributed by atoms with van der Waals surface area (Å²) in [6.07, 6.45) is 0. The van der Waals surface area contributed by atoms with E-state index >= 15 is 0 Å². The maximum absolute atomic E-state index is 9.60. The van der Waals surface area contributed by atoms with Crippen LogP contribution in [0.15, 0.2) is 46.9 Å². The molecule has 0 amide bonds. The molecular formula is C15H14BrNO3. The number of hydrogen-bond acceptors (Lipinski definition) is 4. The minimum absolute atomic E-state index is 0.00426. The summed E-state index contributed by atoms with van der Waals surface area (Å²) in [5, 5.41) is 12.9. The number of hydrogen-bond donors (Lipinski definition) is 2. The number of rotatable bonds is 4. The summed E-state index contributed by atoms with van der Waals surface area (Å²) in [6, 6.07) is 13.3. The first-order valence-corrected chi connectivity index (χ1v) is 7.08. The van der Waals surface area contributed by atoms with E-state index in [1.165, 1.54) is 0 Å². The van der Waals surface area contributed by atoms with Crippen LogP contribution in [-0.4, -0.2) is 18.5 Å². The quantitative estimate of drug-likeness (QED) is 0.899. The van der Waals surface area contributed by atoms with Crippen LogP contribution in [-0.2, 0) is 0 Å². The van der Waals surface area contributed by atoms with Crippen LogP contribution >= 0.6 is 15.9 Å². The predicted molar refractivity (Wildman–Crippen MR) is 80.2 cm³/mol. The number of halogens is 1. The molecule has 1 aliphatic rings. The van der Waals surface area contributed by atoms with E-state index in [1.54, 1.807) is 0 Å². The molecular weight excluding hydrogens is 322 g/mol. The Labute approximate surface area is 125 Å². The molecule has 1 atom stereocenters. The highest BCUT2D eigenvalue weighted by molar-refractivity contribution is 9.10. The van der Waals surface area contributed by atoms with Crippen molar-refractivity contribution in [1.29, 1.82) is 0 Å². The first-order valence-electron chi connectivity index (χ1n) is 6.29. The van der Waals surface area contributed by atoms with Gasteiger partial charge in [0, 0.05) is 10.2 Å². The van der Waals surface area contributed by atoms with Gasteiger partial charge in [-0.2, -0.15) is 0 Å². The van der Waals surface area contributed by atoms with Crippen LogP contribution in [0.3, 0.4) is 0 Å². The molecule has 0 saturated carbocycles. The van der Waals surface area contributed by atoms with Gasteiger partial charge in [-0.25, -0.2) is 0 Å². The fraction of sp³-hybridized carbons (Fsp3) is 0.200. The number of ether oxygens (including phenoxy) is 2. The first-order chi connectivity index (χ1) is 9.76. The third kappa shape index (κ3) is 2.73. The monoisotopic (exact) mass is 335 g/mol. The normalized spacial score (nSPS) is 14.1. The number of nitrogens with one attached hydrogen (secondary N) is 1. The number of fused-ring (bicyclic) bond motifs is 1. The molecule has 3 rings (SSSR count). The Morgan fingerprint density at radius 1 is 1.10 bits per heavy atom. The summed E-state index contributed by atoms with van der Waals surface area (Å²) in [7, 11) is 0. The van der Waals surface area contributed by atoms with Gasteiger partial charge in [-0.1, -0.05) is 22.0 Å². The molecule has 20 heavy (non-hydrogen) atoms. The van der Waals surface area contributed by atoms with E-state index < -0.39 is 0 Å². The maximum atomic E-state index is 9.60. The van der Waals surface area contributed by atoms with Crippen molar-refractivity contribution in [2.75, 3.05) is 18.7 Å². The van der Waals surface area contributed by atoms with E-state index in [4.69, 9.17) is 9.47 Å². The number of aliphatic hydroxyl groups excluding tert-OH is 1. The van der Waals surface area contributed by atoms with Crippen LogP contribution in [0.2, 0.25) is 0 Å². The van der Waals surface area contributed by atoms with Crippen LogP contribution in [0.5, 0.6) is 11.5 Å². The molecule has 0 aliphatic carbocycles. The summed E-state index contributed by atoms with van der Waals surface area (Å²) in [6.45, 7) is 0.248. The van der Waals surface area contributed by atoms with Crippen molar-refractivity contribution in [1.82, 2.24) is 0 Å². The summed E-state index contributed by atoms with van der Waals surface area (Å²) < 4.78 is 11.7. The van der Waals surface area contributed by atoms with Crippen molar-refractivity contribution in [2.24, 2.45) is 0 Å². The third-order valence-electron chi connectivity index (χ3n) is 3.17. The van der Waals surface area contributed by atoms with E-state index in [2.05, 4.69) is 21.2 Å². The number of aliphatic hydroxyl groups is 1. The lowest BCUT2D eigenvalue weighted by atomic mass is 10.1. The molecule has 1 unspecified atom stereocenters. The average molecular weight is 336 g/mol. The van der Waals surface area contributed by atoms with Gasteiger partial charge in [0.25, 0.3) is 0 Å². The van der Waals surface area contributed by atoms with Gasteiger partial charge in [0.1, 0.15) is 0 Å². The second-order valence-electron chi connectivity index (χ2n) is 4.50. The van der Waals surface area contributed by atoms with Crippen molar-refractivity contribution < 1.29 is 14.6 Å². The summed E-state index contributed by atoms with van der Waals surface area (Å²) in [5.41, 5.74) is 1.91. The van der Waals surface area contributed by atoms with Gasteiger partial charge in [-0.05, 0) is 42.0 Å². The van der Waals surface area contributed by atoms with Gasteiger partial charge in [0.2, 0.25) is 6.79 Å². The maximum Gasteiger partial charge on any atom is 0.231 e. The Balaban J connectivity index is 1.81. The molecule has 2 N–H and O–H groups in total. The average Bonchev–Trinajstić information content (AvgIpc) is 2.94. The lowest BCUT2D eigenvalue weighted by Crippen LogP contribution is -2.14. The lowest BCUT2D eigenvalue weighted by molar-refractivity contribution is 0.174. The third-order valence-corrected chi connectivity index (χ3v) is 3.70. The van der Waals surface area contributed by atoms with Gasteiger partial charge in [-0.15, -0.1) is 0 Å². The minimum Gasteiger partial charge on any atom is -0.454 e. The minimum atomic E-state index is -0.189. The molecule has 0 aromatic heterocycles. The Bertz CT molecular complexity index is 601. The fourth-order valence-corrected chi connectivity index (χ4v) is 2.38. The Morgan fingerprint density at radius 3 is 2.60 bits per heavy atom. The summed E-state index contributed by atoms with van der Waals surface area (Å²) in [5.74, 6) is 1.47. The smallest absolute Gasteiger partial charge is 0.231 e. The van der Waals surface area contributed by atoms with Crippen LogP contribution in [0, 0.1) is 0 Å². The molecule has 2 aromatic rings. The van der Waals surface area contributed by atoms with Crippen molar-refractivity contribution >= 4 is 21.6 Å². The fourth-order valence-electron chi connectivity index (χ4n) is 2.11. The van der Waals surface area contributed by atoms with Crippen LogP contribution in [0.25, 0.3) is 0 Å². The number of benzene rings is 2. The SMILES string of the molecule is OCC(Nc1ccc(Br)cc1)c1ccc2c(c1)OCO2. The highest BCUT2D eigenvalue weighted by atomic mass is 79.9. The van der Waals surface area contributed by atoms with E-state index in [1.807, 2.05) is 42.5 Å². The van der Waals surface area contributed by atoms with Crippen LogP contribution in [0.4, 0.5) is 5.69 Å². The van der Waals surface area contributed by atoms with E-state index in [0.717, 1.165) is 27.2 Å². The zero-order valence-corrected chi connectivity index (χ0v) is 12.3. The largest absolute Gasteiger partial charge is 0.454 e. The van der Waals surface area contributed by atoms with Gasteiger partial charge in [0.15, 0.2) is 11.5 Å². The molecule has 0 fully saturated rings. The molecule has 2 aromatic carbocycles. The zero-order valence-electron chi connectivity index (χ0n) is 10.7. The van der Waals surface area contributed by atoms with E-state index in [0.29, 0.717) is 0 Å². The van der Waals surface area contributed by atoms with Crippen LogP contribution < -0.4 is 14.8 Å². The van der Waals surface area contributed by atoms with Crippen molar-refractivity contribution in [3.05, 3.63) is 52.5 Å². The van der Waals surface area contributed by atoms with Crippen molar-refractivity contribution in [3.63, 3.8) is 0 Å². The van der Waals surface area contributed by atoms with Gasteiger partial charge in [-0.3, -0.25) is 0 Å². The van der Waals surface area contributed by atoms with E-state index in [-0.39, 0.29) is 19.4 Å².